The highest BCUT2D eigenvalue weighted by molar-refractivity contribution is 9.10. The SMILES string of the molecule is CCc1ccc(C(O)c2c(Br)ccc(OC)c2F)cc1. The lowest BCUT2D eigenvalue weighted by Gasteiger charge is -2.16. The molecule has 2 nitrogen and oxygen atoms in total. The van der Waals surface area contributed by atoms with Crippen LogP contribution >= 0.6 is 15.9 Å². The minimum atomic E-state index is -1.04. The molecule has 4 heteroatoms. The van der Waals surface area contributed by atoms with Gasteiger partial charge in [-0.1, -0.05) is 47.1 Å². The van der Waals surface area contributed by atoms with Gasteiger partial charge in [-0.05, 0) is 29.7 Å². The van der Waals surface area contributed by atoms with Crippen LogP contribution in [0.4, 0.5) is 4.39 Å². The van der Waals surface area contributed by atoms with Crippen LogP contribution in [0.15, 0.2) is 40.9 Å². The summed E-state index contributed by atoms with van der Waals surface area (Å²) >= 11 is 3.28. The summed E-state index contributed by atoms with van der Waals surface area (Å²) in [6.07, 6.45) is -0.112. The van der Waals surface area contributed by atoms with Crippen LogP contribution in [0.1, 0.15) is 29.7 Å². The second-order valence-electron chi connectivity index (χ2n) is 4.47. The van der Waals surface area contributed by atoms with Gasteiger partial charge in [-0.2, -0.15) is 0 Å². The standard InChI is InChI=1S/C16H16BrFO2/c1-3-10-4-6-11(7-5-10)16(19)14-12(17)8-9-13(20-2)15(14)18/h4-9,16,19H,3H2,1-2H3. The Bertz CT molecular complexity index is 596. The topological polar surface area (TPSA) is 29.5 Å². The van der Waals surface area contributed by atoms with Crippen LogP contribution in [0.25, 0.3) is 0 Å². The monoisotopic (exact) mass is 338 g/mol. The molecule has 0 bridgehead atoms. The number of aliphatic hydroxyl groups is 1. The lowest BCUT2D eigenvalue weighted by molar-refractivity contribution is 0.212. The van der Waals surface area contributed by atoms with E-state index in [0.717, 1.165) is 6.42 Å². The fraction of sp³-hybridized carbons (Fsp3) is 0.250. The Morgan fingerprint density at radius 3 is 2.40 bits per heavy atom. The number of hydrogen-bond donors (Lipinski definition) is 1. The van der Waals surface area contributed by atoms with Crippen molar-refractivity contribution in [2.45, 2.75) is 19.4 Å². The predicted molar refractivity (Wildman–Crippen MR) is 80.5 cm³/mol. The molecule has 0 aliphatic rings. The molecule has 0 aliphatic heterocycles. The van der Waals surface area contributed by atoms with Crippen molar-refractivity contribution >= 4 is 15.9 Å². The molecule has 1 unspecified atom stereocenters. The van der Waals surface area contributed by atoms with Gasteiger partial charge in [-0.25, -0.2) is 4.39 Å². The molecule has 0 radical (unpaired) electrons. The minimum Gasteiger partial charge on any atom is -0.494 e. The number of aliphatic hydroxyl groups excluding tert-OH is 1. The fourth-order valence-corrected chi connectivity index (χ4v) is 2.58. The van der Waals surface area contributed by atoms with Crippen molar-refractivity contribution < 1.29 is 14.2 Å². The molecule has 0 heterocycles. The first-order valence-electron chi connectivity index (χ1n) is 6.37. The van der Waals surface area contributed by atoms with Crippen molar-refractivity contribution in [2.75, 3.05) is 7.11 Å². The summed E-state index contributed by atoms with van der Waals surface area (Å²) < 4.78 is 19.8. The van der Waals surface area contributed by atoms with Crippen LogP contribution in [0.3, 0.4) is 0 Å². The number of benzene rings is 2. The van der Waals surface area contributed by atoms with E-state index < -0.39 is 11.9 Å². The molecule has 0 amide bonds. The Kier molecular flexibility index (Phi) is 4.78. The van der Waals surface area contributed by atoms with Gasteiger partial charge in [0.1, 0.15) is 6.10 Å². The summed E-state index contributed by atoms with van der Waals surface area (Å²) in [7, 11) is 1.40. The number of methoxy groups -OCH3 is 1. The van der Waals surface area contributed by atoms with E-state index in [9.17, 15) is 9.50 Å². The van der Waals surface area contributed by atoms with E-state index in [1.54, 1.807) is 6.07 Å². The van der Waals surface area contributed by atoms with Gasteiger partial charge in [-0.15, -0.1) is 0 Å². The van der Waals surface area contributed by atoms with Crippen LogP contribution in [0, 0.1) is 5.82 Å². The molecule has 0 spiro atoms. The van der Waals surface area contributed by atoms with E-state index in [1.165, 1.54) is 18.7 Å². The smallest absolute Gasteiger partial charge is 0.172 e. The Morgan fingerprint density at radius 2 is 1.85 bits per heavy atom. The highest BCUT2D eigenvalue weighted by atomic mass is 79.9. The van der Waals surface area contributed by atoms with Gasteiger partial charge in [0.05, 0.1) is 7.11 Å². The maximum absolute atomic E-state index is 14.3. The predicted octanol–water partition coefficient (Wildman–Crippen LogP) is 4.24. The molecular formula is C16H16BrFO2. The van der Waals surface area contributed by atoms with Crippen LogP contribution in [-0.4, -0.2) is 12.2 Å². The average molecular weight is 339 g/mol. The lowest BCUT2D eigenvalue weighted by Crippen LogP contribution is -2.05. The van der Waals surface area contributed by atoms with Crippen LogP contribution in [-0.2, 0) is 6.42 Å². The van der Waals surface area contributed by atoms with E-state index in [2.05, 4.69) is 22.9 Å². The quantitative estimate of drug-likeness (QED) is 0.903. The first kappa shape index (κ1) is 15.0. The van der Waals surface area contributed by atoms with Crippen LogP contribution < -0.4 is 4.74 Å². The summed E-state index contributed by atoms with van der Waals surface area (Å²) in [5.74, 6) is -0.429. The van der Waals surface area contributed by atoms with Gasteiger partial charge in [0.15, 0.2) is 11.6 Å². The van der Waals surface area contributed by atoms with Crippen molar-refractivity contribution in [3.05, 3.63) is 63.4 Å². The third-order valence-electron chi connectivity index (χ3n) is 3.29. The molecule has 1 atom stereocenters. The molecule has 0 saturated carbocycles. The van der Waals surface area contributed by atoms with Gasteiger partial charge in [0, 0.05) is 10.0 Å². The van der Waals surface area contributed by atoms with Crippen molar-refractivity contribution in [1.29, 1.82) is 0 Å². The molecular weight excluding hydrogens is 323 g/mol. The van der Waals surface area contributed by atoms with Crippen molar-refractivity contribution in [3.8, 4) is 5.75 Å². The van der Waals surface area contributed by atoms with E-state index in [0.29, 0.717) is 10.0 Å². The minimum absolute atomic E-state index is 0.118. The summed E-state index contributed by atoms with van der Waals surface area (Å²) in [5.41, 5.74) is 2.01. The average Bonchev–Trinajstić information content (AvgIpc) is 2.47. The molecule has 106 valence electrons. The van der Waals surface area contributed by atoms with Crippen molar-refractivity contribution in [3.63, 3.8) is 0 Å². The lowest BCUT2D eigenvalue weighted by atomic mass is 9.99. The second-order valence-corrected chi connectivity index (χ2v) is 5.33. The number of aryl methyl sites for hydroxylation is 1. The summed E-state index contributed by atoms with van der Waals surface area (Å²) in [4.78, 5) is 0. The number of ether oxygens (including phenoxy) is 1. The van der Waals surface area contributed by atoms with E-state index in [1.807, 2.05) is 24.3 Å². The molecule has 2 aromatic rings. The van der Waals surface area contributed by atoms with Gasteiger partial charge in [0.2, 0.25) is 0 Å². The van der Waals surface area contributed by atoms with Crippen LogP contribution in [0.5, 0.6) is 5.75 Å². The van der Waals surface area contributed by atoms with E-state index >= 15 is 0 Å². The molecule has 0 saturated heterocycles. The normalized spacial score (nSPS) is 12.2. The third kappa shape index (κ3) is 2.86. The highest BCUT2D eigenvalue weighted by Gasteiger charge is 2.21. The molecule has 0 aliphatic carbocycles. The van der Waals surface area contributed by atoms with Gasteiger partial charge >= 0.3 is 0 Å². The largest absolute Gasteiger partial charge is 0.494 e. The zero-order chi connectivity index (χ0) is 14.7. The summed E-state index contributed by atoms with van der Waals surface area (Å²) in [5, 5.41) is 10.4. The maximum Gasteiger partial charge on any atom is 0.172 e. The highest BCUT2D eigenvalue weighted by Crippen LogP contribution is 2.35. The summed E-state index contributed by atoms with van der Waals surface area (Å²) in [6, 6.07) is 10.7. The summed E-state index contributed by atoms with van der Waals surface area (Å²) in [6.45, 7) is 2.06. The van der Waals surface area contributed by atoms with Gasteiger partial charge < -0.3 is 9.84 Å². The van der Waals surface area contributed by atoms with Gasteiger partial charge in [-0.3, -0.25) is 0 Å². The molecule has 1 N–H and O–H groups in total. The Morgan fingerprint density at radius 1 is 1.20 bits per heavy atom. The number of hydrogen-bond acceptors (Lipinski definition) is 2. The maximum atomic E-state index is 14.3. The first-order valence-corrected chi connectivity index (χ1v) is 7.16. The molecule has 2 rings (SSSR count). The van der Waals surface area contributed by atoms with E-state index in [4.69, 9.17) is 4.74 Å². The fourth-order valence-electron chi connectivity index (χ4n) is 2.06. The van der Waals surface area contributed by atoms with Gasteiger partial charge in [0.25, 0.3) is 0 Å². The first-order chi connectivity index (χ1) is 9.58. The van der Waals surface area contributed by atoms with Crippen molar-refractivity contribution in [2.24, 2.45) is 0 Å². The zero-order valence-corrected chi connectivity index (χ0v) is 12.9. The van der Waals surface area contributed by atoms with Crippen LogP contribution in [0.2, 0.25) is 0 Å². The number of halogens is 2. The Hall–Kier alpha value is -1.39. The van der Waals surface area contributed by atoms with Crippen molar-refractivity contribution in [1.82, 2.24) is 0 Å². The zero-order valence-electron chi connectivity index (χ0n) is 11.4. The second kappa shape index (κ2) is 6.37. The van der Waals surface area contributed by atoms with E-state index in [-0.39, 0.29) is 11.3 Å². The molecule has 20 heavy (non-hydrogen) atoms. The molecule has 2 aromatic carbocycles. The molecule has 0 fully saturated rings. The molecule has 0 aromatic heterocycles. The number of rotatable bonds is 4. The Balaban J connectivity index is 2.44. The third-order valence-corrected chi connectivity index (χ3v) is 3.98. The Labute approximate surface area is 126 Å².